The lowest BCUT2D eigenvalue weighted by Crippen LogP contribution is -1.93. The maximum absolute atomic E-state index is 10.3. The Hall–Kier alpha value is -2.09. The van der Waals surface area contributed by atoms with Gasteiger partial charge in [-0.2, -0.15) is 0 Å². The summed E-state index contributed by atoms with van der Waals surface area (Å²) in [5, 5.41) is 0. The number of carbonyl (C=O) groups is 1. The topological polar surface area (TPSA) is 26.3 Å². The zero-order valence-electron chi connectivity index (χ0n) is 9.95. The summed E-state index contributed by atoms with van der Waals surface area (Å²) in [5.74, 6) is 0.374. The number of benzene rings is 2. The molecule has 0 heterocycles. The van der Waals surface area contributed by atoms with Crippen LogP contribution >= 0.6 is 0 Å². The van der Waals surface area contributed by atoms with Gasteiger partial charge in [-0.25, -0.2) is 0 Å². The highest BCUT2D eigenvalue weighted by atomic mass is 16.5. The van der Waals surface area contributed by atoms with Crippen LogP contribution in [0.3, 0.4) is 0 Å². The third-order valence-corrected chi connectivity index (χ3v) is 3.38. The molecule has 1 fully saturated rings. The highest BCUT2D eigenvalue weighted by Gasteiger charge is 2.40. The van der Waals surface area contributed by atoms with Crippen LogP contribution in [0.15, 0.2) is 54.6 Å². The number of ether oxygens (including phenoxy) is 1. The van der Waals surface area contributed by atoms with E-state index in [4.69, 9.17) is 4.74 Å². The third-order valence-electron chi connectivity index (χ3n) is 3.38. The maximum Gasteiger partial charge on any atom is 0.293 e. The summed E-state index contributed by atoms with van der Waals surface area (Å²) in [6.45, 7) is 0.547. The number of carbonyl (C=O) groups excluding carboxylic acids is 1. The molecular weight excluding hydrogens is 224 g/mol. The lowest BCUT2D eigenvalue weighted by molar-refractivity contribution is -0.129. The molecule has 0 saturated heterocycles. The van der Waals surface area contributed by atoms with Crippen LogP contribution in [0.1, 0.15) is 17.9 Å². The van der Waals surface area contributed by atoms with Crippen molar-refractivity contribution in [2.45, 2.75) is 18.4 Å². The van der Waals surface area contributed by atoms with E-state index in [1.165, 1.54) is 16.7 Å². The van der Waals surface area contributed by atoms with Gasteiger partial charge >= 0.3 is 0 Å². The van der Waals surface area contributed by atoms with Gasteiger partial charge in [-0.3, -0.25) is 4.79 Å². The van der Waals surface area contributed by atoms with Crippen LogP contribution in [0.5, 0.6) is 0 Å². The van der Waals surface area contributed by atoms with Crippen molar-refractivity contribution in [1.29, 1.82) is 0 Å². The summed E-state index contributed by atoms with van der Waals surface area (Å²) in [4.78, 5) is 10.3. The standard InChI is InChI=1S/C16H14O2/c17-11-18-16-10-15(16)14-8-4-7-13(9-14)12-5-2-1-3-6-12/h1-9,11,15-16H,10H2/t15?,16-/m1/s1. The Labute approximate surface area is 106 Å². The predicted octanol–water partition coefficient (Wildman–Crippen LogP) is 3.38. The Kier molecular flexibility index (Phi) is 2.85. The van der Waals surface area contributed by atoms with E-state index in [0.717, 1.165) is 6.42 Å². The molecule has 0 aromatic heterocycles. The Morgan fingerprint density at radius 3 is 2.56 bits per heavy atom. The first-order chi connectivity index (χ1) is 8.88. The molecule has 1 saturated carbocycles. The summed E-state index contributed by atoms with van der Waals surface area (Å²) in [7, 11) is 0. The fraction of sp³-hybridized carbons (Fsp3) is 0.188. The SMILES string of the molecule is O=CO[C@@H]1CC1c1cccc(-c2ccccc2)c1. The van der Waals surface area contributed by atoms with E-state index in [0.29, 0.717) is 12.4 Å². The molecule has 2 aromatic rings. The second-order valence-electron chi connectivity index (χ2n) is 4.60. The molecule has 0 amide bonds. The number of hydrogen-bond acceptors (Lipinski definition) is 2. The highest BCUT2D eigenvalue weighted by Crippen LogP contribution is 2.43. The molecule has 0 spiro atoms. The normalized spacial score (nSPS) is 21.3. The molecule has 0 aliphatic heterocycles. The van der Waals surface area contributed by atoms with Crippen molar-refractivity contribution in [2.75, 3.05) is 0 Å². The quantitative estimate of drug-likeness (QED) is 0.763. The van der Waals surface area contributed by atoms with Gasteiger partial charge in [0.25, 0.3) is 6.47 Å². The Morgan fingerprint density at radius 1 is 1.00 bits per heavy atom. The summed E-state index contributed by atoms with van der Waals surface area (Å²) in [5.41, 5.74) is 3.68. The molecule has 1 unspecified atom stereocenters. The van der Waals surface area contributed by atoms with Crippen molar-refractivity contribution in [3.63, 3.8) is 0 Å². The Morgan fingerprint density at radius 2 is 1.78 bits per heavy atom. The highest BCUT2D eigenvalue weighted by molar-refractivity contribution is 5.64. The first-order valence-corrected chi connectivity index (χ1v) is 6.13. The van der Waals surface area contributed by atoms with E-state index in [-0.39, 0.29) is 6.10 Å². The van der Waals surface area contributed by atoms with Crippen molar-refractivity contribution in [3.05, 3.63) is 60.2 Å². The van der Waals surface area contributed by atoms with Crippen molar-refractivity contribution < 1.29 is 9.53 Å². The van der Waals surface area contributed by atoms with Gasteiger partial charge in [-0.05, 0) is 23.1 Å². The molecule has 2 heteroatoms. The second-order valence-corrected chi connectivity index (χ2v) is 4.60. The minimum absolute atomic E-state index is 0.0773. The molecule has 0 radical (unpaired) electrons. The largest absolute Gasteiger partial charge is 0.464 e. The lowest BCUT2D eigenvalue weighted by atomic mass is 10.0. The molecule has 1 aliphatic carbocycles. The van der Waals surface area contributed by atoms with Crippen LogP contribution in [0.25, 0.3) is 11.1 Å². The van der Waals surface area contributed by atoms with Crippen molar-refractivity contribution in [3.8, 4) is 11.1 Å². The molecular formula is C16H14O2. The average molecular weight is 238 g/mol. The summed E-state index contributed by atoms with van der Waals surface area (Å²) in [6, 6.07) is 18.8. The van der Waals surface area contributed by atoms with E-state index >= 15 is 0 Å². The fourth-order valence-corrected chi connectivity index (χ4v) is 2.32. The predicted molar refractivity (Wildman–Crippen MR) is 70.2 cm³/mol. The average Bonchev–Trinajstić information content (AvgIpc) is 3.20. The van der Waals surface area contributed by atoms with Crippen LogP contribution in [0.4, 0.5) is 0 Å². The first kappa shape index (κ1) is 11.0. The van der Waals surface area contributed by atoms with E-state index in [2.05, 4.69) is 36.4 Å². The van der Waals surface area contributed by atoms with Gasteiger partial charge in [0.2, 0.25) is 0 Å². The zero-order chi connectivity index (χ0) is 12.4. The summed E-state index contributed by atoms with van der Waals surface area (Å²) >= 11 is 0. The van der Waals surface area contributed by atoms with Crippen LogP contribution in [0.2, 0.25) is 0 Å². The van der Waals surface area contributed by atoms with Gasteiger partial charge in [-0.1, -0.05) is 54.6 Å². The molecule has 0 N–H and O–H groups in total. The lowest BCUT2D eigenvalue weighted by Gasteiger charge is -2.05. The van der Waals surface area contributed by atoms with Crippen molar-refractivity contribution in [2.24, 2.45) is 0 Å². The monoisotopic (exact) mass is 238 g/mol. The molecule has 2 nitrogen and oxygen atoms in total. The molecule has 2 atom stereocenters. The smallest absolute Gasteiger partial charge is 0.293 e. The second kappa shape index (κ2) is 4.65. The van der Waals surface area contributed by atoms with E-state index in [9.17, 15) is 4.79 Å². The van der Waals surface area contributed by atoms with Crippen LogP contribution < -0.4 is 0 Å². The van der Waals surface area contributed by atoms with Crippen LogP contribution in [-0.2, 0) is 9.53 Å². The van der Waals surface area contributed by atoms with E-state index in [1.54, 1.807) is 0 Å². The molecule has 3 rings (SSSR count). The Bertz CT molecular complexity index is 548. The molecule has 0 bridgehead atoms. The van der Waals surface area contributed by atoms with Crippen LogP contribution in [-0.4, -0.2) is 12.6 Å². The van der Waals surface area contributed by atoms with Gasteiger partial charge in [0.05, 0.1) is 0 Å². The summed E-state index contributed by atoms with van der Waals surface area (Å²) in [6.07, 6.45) is 1.02. The molecule has 18 heavy (non-hydrogen) atoms. The Balaban J connectivity index is 1.85. The van der Waals surface area contributed by atoms with Gasteiger partial charge < -0.3 is 4.74 Å². The maximum atomic E-state index is 10.3. The van der Waals surface area contributed by atoms with Gasteiger partial charge in [-0.15, -0.1) is 0 Å². The third kappa shape index (κ3) is 2.14. The summed E-state index contributed by atoms with van der Waals surface area (Å²) < 4.78 is 4.98. The first-order valence-electron chi connectivity index (χ1n) is 6.13. The van der Waals surface area contributed by atoms with Gasteiger partial charge in [0, 0.05) is 5.92 Å². The molecule has 1 aliphatic rings. The molecule has 2 aromatic carbocycles. The molecule has 90 valence electrons. The minimum atomic E-state index is 0.0773. The van der Waals surface area contributed by atoms with Crippen molar-refractivity contribution in [1.82, 2.24) is 0 Å². The minimum Gasteiger partial charge on any atom is -0.464 e. The van der Waals surface area contributed by atoms with E-state index < -0.39 is 0 Å². The number of hydrogen-bond donors (Lipinski definition) is 0. The van der Waals surface area contributed by atoms with E-state index in [1.807, 2.05) is 18.2 Å². The zero-order valence-corrected chi connectivity index (χ0v) is 9.95. The number of rotatable bonds is 4. The van der Waals surface area contributed by atoms with Crippen molar-refractivity contribution >= 4 is 6.47 Å². The fourth-order valence-electron chi connectivity index (χ4n) is 2.32. The van der Waals surface area contributed by atoms with Crippen LogP contribution in [0, 0.1) is 0 Å². The van der Waals surface area contributed by atoms with Gasteiger partial charge in [0.1, 0.15) is 6.10 Å². The van der Waals surface area contributed by atoms with Gasteiger partial charge in [0.15, 0.2) is 0 Å².